The Morgan fingerprint density at radius 3 is 2.61 bits per heavy atom. The minimum Gasteiger partial charge on any atom is -0.506 e. The number of phenols is 1. The zero-order valence-electron chi connectivity index (χ0n) is 9.15. The van der Waals surface area contributed by atoms with E-state index in [1.54, 1.807) is 18.2 Å². The smallest absolute Gasteiger partial charge is 0.255 e. The van der Waals surface area contributed by atoms with Crippen LogP contribution in [0, 0.1) is 5.82 Å². The highest BCUT2D eigenvalue weighted by Crippen LogP contribution is 2.23. The summed E-state index contributed by atoms with van der Waals surface area (Å²) >= 11 is 3.01. The number of carbonyl (C=O) groups excluding carboxylic acids is 1. The molecule has 0 saturated carbocycles. The molecule has 0 aliphatic heterocycles. The molecule has 0 aliphatic rings. The lowest BCUT2D eigenvalue weighted by Crippen LogP contribution is -2.12. The number of aromatic hydroxyl groups is 1. The maximum Gasteiger partial charge on any atom is 0.255 e. The molecule has 0 aliphatic carbocycles. The highest BCUT2D eigenvalue weighted by molar-refractivity contribution is 9.10. The summed E-state index contributed by atoms with van der Waals surface area (Å²) in [5.41, 5.74) is 0.463. The molecule has 0 heterocycles. The van der Waals surface area contributed by atoms with Gasteiger partial charge in [0.1, 0.15) is 11.6 Å². The molecule has 5 heteroatoms. The standard InChI is InChI=1S/C13H9BrFNO2/c14-9-6-5-8(7-10(9)15)13(18)16-11-3-1-2-4-12(11)17/h1-7,17H,(H,16,18). The first-order valence-electron chi connectivity index (χ1n) is 5.12. The first kappa shape index (κ1) is 12.6. The average molecular weight is 310 g/mol. The van der Waals surface area contributed by atoms with Crippen molar-refractivity contribution in [3.63, 3.8) is 0 Å². The molecule has 0 radical (unpaired) electrons. The average Bonchev–Trinajstić information content (AvgIpc) is 2.35. The number of benzene rings is 2. The van der Waals surface area contributed by atoms with Crippen LogP contribution in [0.1, 0.15) is 10.4 Å². The molecule has 0 fully saturated rings. The van der Waals surface area contributed by atoms with E-state index >= 15 is 0 Å². The number of hydrogen-bond acceptors (Lipinski definition) is 2. The van der Waals surface area contributed by atoms with Crippen LogP contribution >= 0.6 is 15.9 Å². The third-order valence-corrected chi connectivity index (χ3v) is 2.98. The Labute approximate surface area is 111 Å². The molecule has 92 valence electrons. The van der Waals surface area contributed by atoms with Gasteiger partial charge in [0.05, 0.1) is 10.2 Å². The van der Waals surface area contributed by atoms with Gasteiger partial charge in [0, 0.05) is 5.56 Å². The van der Waals surface area contributed by atoms with E-state index in [-0.39, 0.29) is 17.0 Å². The maximum absolute atomic E-state index is 13.3. The van der Waals surface area contributed by atoms with Gasteiger partial charge in [-0.15, -0.1) is 0 Å². The van der Waals surface area contributed by atoms with Crippen molar-refractivity contribution in [1.82, 2.24) is 0 Å². The Morgan fingerprint density at radius 2 is 1.94 bits per heavy atom. The Bertz CT molecular complexity index is 601. The summed E-state index contributed by atoms with van der Waals surface area (Å²) < 4.78 is 13.6. The second-order valence-electron chi connectivity index (χ2n) is 3.60. The first-order valence-corrected chi connectivity index (χ1v) is 5.91. The third-order valence-electron chi connectivity index (χ3n) is 2.33. The van der Waals surface area contributed by atoms with E-state index in [1.807, 2.05) is 0 Å². The van der Waals surface area contributed by atoms with Gasteiger partial charge >= 0.3 is 0 Å². The third kappa shape index (κ3) is 2.68. The number of rotatable bonds is 2. The van der Waals surface area contributed by atoms with Crippen molar-refractivity contribution in [1.29, 1.82) is 0 Å². The zero-order valence-corrected chi connectivity index (χ0v) is 10.7. The summed E-state index contributed by atoms with van der Waals surface area (Å²) in [6.45, 7) is 0. The van der Waals surface area contributed by atoms with Gasteiger partial charge in [0.25, 0.3) is 5.91 Å². The number of para-hydroxylation sites is 2. The molecule has 2 aromatic rings. The van der Waals surface area contributed by atoms with Gasteiger partial charge in [-0.2, -0.15) is 0 Å². The SMILES string of the molecule is O=C(Nc1ccccc1O)c1ccc(Br)c(F)c1. The molecule has 2 N–H and O–H groups in total. The van der Waals surface area contributed by atoms with E-state index < -0.39 is 11.7 Å². The monoisotopic (exact) mass is 309 g/mol. The molecule has 2 aromatic carbocycles. The van der Waals surface area contributed by atoms with Crippen molar-refractivity contribution in [3.8, 4) is 5.75 Å². The Morgan fingerprint density at radius 1 is 1.22 bits per heavy atom. The second-order valence-corrected chi connectivity index (χ2v) is 4.45. The van der Waals surface area contributed by atoms with Crippen LogP contribution in [-0.2, 0) is 0 Å². The minimum atomic E-state index is -0.514. The van der Waals surface area contributed by atoms with E-state index in [9.17, 15) is 14.3 Å². The van der Waals surface area contributed by atoms with Crippen molar-refractivity contribution in [2.75, 3.05) is 5.32 Å². The summed E-state index contributed by atoms with van der Waals surface area (Å²) in [5, 5.41) is 12.0. The van der Waals surface area contributed by atoms with E-state index in [0.29, 0.717) is 4.47 Å². The molecular weight excluding hydrogens is 301 g/mol. The summed E-state index contributed by atoms with van der Waals surface area (Å²) in [7, 11) is 0. The van der Waals surface area contributed by atoms with Gasteiger partial charge < -0.3 is 10.4 Å². The Balaban J connectivity index is 2.22. The lowest BCUT2D eigenvalue weighted by molar-refractivity contribution is 0.102. The molecule has 2 rings (SSSR count). The maximum atomic E-state index is 13.3. The summed E-state index contributed by atoms with van der Waals surface area (Å²) in [6.07, 6.45) is 0. The molecule has 1 amide bonds. The molecule has 0 atom stereocenters. The minimum absolute atomic E-state index is 0.0385. The van der Waals surface area contributed by atoms with Crippen molar-refractivity contribution < 1.29 is 14.3 Å². The highest BCUT2D eigenvalue weighted by Gasteiger charge is 2.10. The molecule has 0 aromatic heterocycles. The van der Waals surface area contributed by atoms with Gasteiger partial charge in [-0.25, -0.2) is 4.39 Å². The number of nitrogens with one attached hydrogen (secondary N) is 1. The van der Waals surface area contributed by atoms with Crippen LogP contribution < -0.4 is 5.32 Å². The summed E-state index contributed by atoms with van der Waals surface area (Å²) in [5.74, 6) is -1.04. The molecule has 0 bridgehead atoms. The first-order chi connectivity index (χ1) is 8.58. The largest absolute Gasteiger partial charge is 0.506 e. The van der Waals surface area contributed by atoms with Crippen LogP contribution in [0.2, 0.25) is 0 Å². The molecule has 0 saturated heterocycles. The van der Waals surface area contributed by atoms with E-state index in [1.165, 1.54) is 18.2 Å². The normalized spacial score (nSPS) is 10.1. The zero-order chi connectivity index (χ0) is 13.1. The predicted molar refractivity (Wildman–Crippen MR) is 70.2 cm³/mol. The highest BCUT2D eigenvalue weighted by atomic mass is 79.9. The van der Waals surface area contributed by atoms with Gasteiger partial charge in [-0.05, 0) is 46.3 Å². The lowest BCUT2D eigenvalue weighted by atomic mass is 10.2. The van der Waals surface area contributed by atoms with Crippen molar-refractivity contribution in [3.05, 3.63) is 58.3 Å². The number of hydrogen-bond donors (Lipinski definition) is 2. The fraction of sp³-hybridized carbons (Fsp3) is 0. The summed E-state index contributed by atoms with van der Waals surface area (Å²) in [4.78, 5) is 11.8. The molecule has 3 nitrogen and oxygen atoms in total. The van der Waals surface area contributed by atoms with E-state index in [0.717, 1.165) is 6.07 Å². The summed E-state index contributed by atoms with van der Waals surface area (Å²) in [6, 6.07) is 10.4. The quantitative estimate of drug-likeness (QED) is 0.834. The van der Waals surface area contributed by atoms with Crippen molar-refractivity contribution in [2.24, 2.45) is 0 Å². The van der Waals surface area contributed by atoms with Gasteiger partial charge in [-0.1, -0.05) is 12.1 Å². The number of carbonyl (C=O) groups is 1. The van der Waals surface area contributed by atoms with Crippen LogP contribution in [0.25, 0.3) is 0 Å². The number of phenolic OH excluding ortho intramolecular Hbond substituents is 1. The number of halogens is 2. The fourth-order valence-corrected chi connectivity index (χ4v) is 1.66. The van der Waals surface area contributed by atoms with Crippen molar-refractivity contribution in [2.45, 2.75) is 0 Å². The molecular formula is C13H9BrFNO2. The predicted octanol–water partition coefficient (Wildman–Crippen LogP) is 3.55. The van der Waals surface area contributed by atoms with Gasteiger partial charge in [0.2, 0.25) is 0 Å². The van der Waals surface area contributed by atoms with Crippen LogP contribution in [0.3, 0.4) is 0 Å². The van der Waals surface area contributed by atoms with E-state index in [2.05, 4.69) is 21.2 Å². The van der Waals surface area contributed by atoms with E-state index in [4.69, 9.17) is 0 Å². The topological polar surface area (TPSA) is 49.3 Å². The molecule has 18 heavy (non-hydrogen) atoms. The van der Waals surface area contributed by atoms with Crippen LogP contribution in [-0.4, -0.2) is 11.0 Å². The molecule has 0 spiro atoms. The second kappa shape index (κ2) is 5.18. The van der Waals surface area contributed by atoms with Crippen LogP contribution in [0.15, 0.2) is 46.9 Å². The van der Waals surface area contributed by atoms with Gasteiger partial charge in [0.15, 0.2) is 0 Å². The van der Waals surface area contributed by atoms with Crippen LogP contribution in [0.4, 0.5) is 10.1 Å². The fourth-order valence-electron chi connectivity index (χ4n) is 1.41. The Kier molecular flexibility index (Phi) is 3.62. The lowest BCUT2D eigenvalue weighted by Gasteiger charge is -2.07. The Hall–Kier alpha value is -1.88. The van der Waals surface area contributed by atoms with Crippen LogP contribution in [0.5, 0.6) is 5.75 Å². The van der Waals surface area contributed by atoms with Crippen molar-refractivity contribution >= 4 is 27.5 Å². The van der Waals surface area contributed by atoms with Gasteiger partial charge in [-0.3, -0.25) is 4.79 Å². The number of anilines is 1. The molecule has 0 unspecified atom stereocenters. The number of amides is 1.